The minimum Gasteiger partial charge on any atom is -0.326 e. The summed E-state index contributed by atoms with van der Waals surface area (Å²) in [6, 6.07) is 7.29. The first-order valence-electron chi connectivity index (χ1n) is 7.94. The molecule has 110 valence electrons. The van der Waals surface area contributed by atoms with Gasteiger partial charge in [-0.3, -0.25) is 4.90 Å². The highest BCUT2D eigenvalue weighted by atomic mass is 19.1. The molecule has 1 heterocycles. The number of nitrogens with two attached hydrogens (primary N) is 1. The fourth-order valence-corrected chi connectivity index (χ4v) is 4.11. The molecule has 1 saturated heterocycles. The van der Waals surface area contributed by atoms with Crippen molar-refractivity contribution in [3.05, 3.63) is 35.6 Å². The van der Waals surface area contributed by atoms with E-state index in [1.165, 1.54) is 37.9 Å². The van der Waals surface area contributed by atoms with Gasteiger partial charge in [0.15, 0.2) is 0 Å². The first-order valence-corrected chi connectivity index (χ1v) is 7.94. The summed E-state index contributed by atoms with van der Waals surface area (Å²) in [4.78, 5) is 2.55. The standard InChI is InChI=1S/C17H25FN2/c1-2-16(19)17(12-6-8-15(18)9-7-12)20-10-13-4-3-5-14(13)11-20/h6-9,13-14,16-17H,2-5,10-11,19H2,1H3. The molecule has 3 heteroatoms. The van der Waals surface area contributed by atoms with Crippen molar-refractivity contribution >= 4 is 0 Å². The Bertz CT molecular complexity index is 433. The van der Waals surface area contributed by atoms with E-state index in [0.717, 1.165) is 18.3 Å². The van der Waals surface area contributed by atoms with Gasteiger partial charge in [-0.1, -0.05) is 25.5 Å². The van der Waals surface area contributed by atoms with Crippen molar-refractivity contribution in [2.45, 2.75) is 44.7 Å². The lowest BCUT2D eigenvalue weighted by Gasteiger charge is -2.33. The van der Waals surface area contributed by atoms with Crippen molar-refractivity contribution in [1.29, 1.82) is 0 Å². The predicted octanol–water partition coefficient (Wildman–Crippen LogP) is 3.34. The Morgan fingerprint density at radius 3 is 2.35 bits per heavy atom. The molecule has 2 nitrogen and oxygen atoms in total. The topological polar surface area (TPSA) is 29.3 Å². The van der Waals surface area contributed by atoms with Gasteiger partial charge >= 0.3 is 0 Å². The normalized spacial score (nSPS) is 29.4. The van der Waals surface area contributed by atoms with Gasteiger partial charge in [0.1, 0.15) is 5.82 Å². The summed E-state index contributed by atoms with van der Waals surface area (Å²) in [5.74, 6) is 1.56. The first-order chi connectivity index (χ1) is 9.69. The SMILES string of the molecule is CCC(N)C(c1ccc(F)cc1)N1CC2CCCC2C1. The largest absolute Gasteiger partial charge is 0.326 e. The molecule has 0 aromatic heterocycles. The van der Waals surface area contributed by atoms with Crippen LogP contribution in [0.1, 0.15) is 44.2 Å². The lowest BCUT2D eigenvalue weighted by molar-refractivity contribution is 0.194. The summed E-state index contributed by atoms with van der Waals surface area (Å²) in [5, 5.41) is 0. The van der Waals surface area contributed by atoms with Crippen LogP contribution in [-0.2, 0) is 0 Å². The average Bonchev–Trinajstić information content (AvgIpc) is 3.02. The zero-order valence-electron chi connectivity index (χ0n) is 12.3. The second kappa shape index (κ2) is 5.82. The van der Waals surface area contributed by atoms with Crippen LogP contribution in [0.25, 0.3) is 0 Å². The summed E-state index contributed by atoms with van der Waals surface area (Å²) < 4.78 is 13.2. The molecule has 0 bridgehead atoms. The molecule has 0 amide bonds. The zero-order valence-corrected chi connectivity index (χ0v) is 12.3. The van der Waals surface area contributed by atoms with E-state index in [1.54, 1.807) is 12.1 Å². The molecule has 3 rings (SSSR count). The molecule has 1 aliphatic carbocycles. The maximum Gasteiger partial charge on any atom is 0.123 e. The van der Waals surface area contributed by atoms with Crippen LogP contribution in [-0.4, -0.2) is 24.0 Å². The maximum absolute atomic E-state index is 13.2. The van der Waals surface area contributed by atoms with Crippen LogP contribution in [0.4, 0.5) is 4.39 Å². The zero-order chi connectivity index (χ0) is 14.1. The number of rotatable bonds is 4. The third-order valence-corrected chi connectivity index (χ3v) is 5.24. The van der Waals surface area contributed by atoms with E-state index in [2.05, 4.69) is 11.8 Å². The van der Waals surface area contributed by atoms with Crippen molar-refractivity contribution in [1.82, 2.24) is 4.90 Å². The monoisotopic (exact) mass is 276 g/mol. The van der Waals surface area contributed by atoms with Crippen molar-refractivity contribution in [3.8, 4) is 0 Å². The van der Waals surface area contributed by atoms with Crippen LogP contribution in [0.15, 0.2) is 24.3 Å². The molecule has 1 aromatic carbocycles. The molecule has 1 saturated carbocycles. The van der Waals surface area contributed by atoms with Crippen LogP contribution in [0, 0.1) is 17.7 Å². The number of fused-ring (bicyclic) bond motifs is 1. The molecule has 2 N–H and O–H groups in total. The van der Waals surface area contributed by atoms with E-state index in [-0.39, 0.29) is 17.9 Å². The van der Waals surface area contributed by atoms with E-state index in [1.807, 2.05) is 12.1 Å². The number of nitrogens with zero attached hydrogens (tertiary/aromatic N) is 1. The van der Waals surface area contributed by atoms with Gasteiger partial charge in [-0.25, -0.2) is 4.39 Å². The van der Waals surface area contributed by atoms with Crippen LogP contribution < -0.4 is 5.73 Å². The Balaban J connectivity index is 1.81. The molecule has 20 heavy (non-hydrogen) atoms. The summed E-state index contributed by atoms with van der Waals surface area (Å²) >= 11 is 0. The molecule has 1 aromatic rings. The average molecular weight is 276 g/mol. The highest BCUT2D eigenvalue weighted by Crippen LogP contribution is 2.41. The van der Waals surface area contributed by atoms with Crippen molar-refractivity contribution in [2.24, 2.45) is 17.6 Å². The van der Waals surface area contributed by atoms with Gasteiger partial charge in [0, 0.05) is 25.2 Å². The molecule has 0 spiro atoms. The number of hydrogen-bond acceptors (Lipinski definition) is 2. The third-order valence-electron chi connectivity index (χ3n) is 5.24. The van der Waals surface area contributed by atoms with Crippen LogP contribution in [0.3, 0.4) is 0 Å². The maximum atomic E-state index is 13.2. The van der Waals surface area contributed by atoms with Gasteiger partial charge in [0.25, 0.3) is 0 Å². The van der Waals surface area contributed by atoms with Crippen LogP contribution >= 0.6 is 0 Å². The fraction of sp³-hybridized carbons (Fsp3) is 0.647. The second-order valence-corrected chi connectivity index (χ2v) is 6.47. The summed E-state index contributed by atoms with van der Waals surface area (Å²) in [6.07, 6.45) is 5.09. The van der Waals surface area contributed by atoms with Gasteiger partial charge in [-0.15, -0.1) is 0 Å². The van der Waals surface area contributed by atoms with Gasteiger partial charge in [0.05, 0.1) is 0 Å². The van der Waals surface area contributed by atoms with Crippen LogP contribution in [0.2, 0.25) is 0 Å². The van der Waals surface area contributed by atoms with Gasteiger partial charge in [-0.2, -0.15) is 0 Å². The summed E-state index contributed by atoms with van der Waals surface area (Å²) in [6.45, 7) is 4.47. The predicted molar refractivity (Wildman–Crippen MR) is 79.8 cm³/mol. The Morgan fingerprint density at radius 2 is 1.80 bits per heavy atom. The Kier molecular flexibility index (Phi) is 4.08. The smallest absolute Gasteiger partial charge is 0.123 e. The fourth-order valence-electron chi connectivity index (χ4n) is 4.11. The highest BCUT2D eigenvalue weighted by molar-refractivity contribution is 5.22. The molecule has 0 radical (unpaired) electrons. The van der Waals surface area contributed by atoms with E-state index < -0.39 is 0 Å². The molecule has 2 fully saturated rings. The number of benzene rings is 1. The molecule has 2 aliphatic rings. The second-order valence-electron chi connectivity index (χ2n) is 6.47. The Labute approximate surface area is 121 Å². The molecule has 4 atom stereocenters. The van der Waals surface area contributed by atoms with Crippen molar-refractivity contribution in [3.63, 3.8) is 0 Å². The lowest BCUT2D eigenvalue weighted by Crippen LogP contribution is -2.40. The third kappa shape index (κ3) is 2.61. The number of likely N-dealkylation sites (tertiary alicyclic amines) is 1. The van der Waals surface area contributed by atoms with E-state index in [4.69, 9.17) is 5.73 Å². The van der Waals surface area contributed by atoms with E-state index >= 15 is 0 Å². The van der Waals surface area contributed by atoms with E-state index in [9.17, 15) is 4.39 Å². The summed E-state index contributed by atoms with van der Waals surface area (Å²) in [5.41, 5.74) is 7.55. The molecule has 4 unspecified atom stereocenters. The van der Waals surface area contributed by atoms with Crippen molar-refractivity contribution < 1.29 is 4.39 Å². The number of halogens is 1. The minimum atomic E-state index is -0.170. The molecule has 1 aliphatic heterocycles. The number of hydrogen-bond donors (Lipinski definition) is 1. The Morgan fingerprint density at radius 1 is 1.20 bits per heavy atom. The van der Waals surface area contributed by atoms with E-state index in [0.29, 0.717) is 0 Å². The van der Waals surface area contributed by atoms with Gasteiger partial charge < -0.3 is 5.73 Å². The summed E-state index contributed by atoms with van der Waals surface area (Å²) in [7, 11) is 0. The molecular weight excluding hydrogens is 251 g/mol. The molecular formula is C17H25FN2. The quantitative estimate of drug-likeness (QED) is 0.914. The van der Waals surface area contributed by atoms with Gasteiger partial charge in [0.2, 0.25) is 0 Å². The van der Waals surface area contributed by atoms with Gasteiger partial charge in [-0.05, 0) is 48.8 Å². The first kappa shape index (κ1) is 14.0. The van der Waals surface area contributed by atoms with Crippen LogP contribution in [0.5, 0.6) is 0 Å². The lowest BCUT2D eigenvalue weighted by atomic mass is 9.96. The van der Waals surface area contributed by atoms with Crippen molar-refractivity contribution in [2.75, 3.05) is 13.1 Å². The highest BCUT2D eigenvalue weighted by Gasteiger charge is 2.40. The Hall–Kier alpha value is -0.930. The minimum absolute atomic E-state index is 0.124.